The summed E-state index contributed by atoms with van der Waals surface area (Å²) in [6.07, 6.45) is 4.28. The van der Waals surface area contributed by atoms with Crippen LogP contribution in [0.5, 0.6) is 0 Å². The number of nitrogens with one attached hydrogen (secondary N) is 1. The second kappa shape index (κ2) is 5.17. The van der Waals surface area contributed by atoms with E-state index in [2.05, 4.69) is 24.1 Å². The van der Waals surface area contributed by atoms with Crippen molar-refractivity contribution in [2.75, 3.05) is 19.6 Å². The van der Waals surface area contributed by atoms with Gasteiger partial charge in [-0.25, -0.2) is 0 Å². The van der Waals surface area contributed by atoms with E-state index in [-0.39, 0.29) is 0 Å². The quantitative estimate of drug-likeness (QED) is 0.773. The molecule has 0 radical (unpaired) electrons. The smallest absolute Gasteiger partial charge is 0.223 e. The van der Waals surface area contributed by atoms with Gasteiger partial charge in [-0.05, 0) is 51.1 Å². The van der Waals surface area contributed by atoms with Gasteiger partial charge < -0.3 is 10.2 Å². The summed E-state index contributed by atoms with van der Waals surface area (Å²) in [7, 11) is 0. The monoisotopic (exact) mass is 224 g/mol. The van der Waals surface area contributed by atoms with Crippen LogP contribution in [-0.2, 0) is 4.79 Å². The van der Waals surface area contributed by atoms with Crippen molar-refractivity contribution in [1.29, 1.82) is 0 Å². The second-order valence-corrected chi connectivity index (χ2v) is 5.63. The lowest BCUT2D eigenvalue weighted by Gasteiger charge is -2.37. The van der Waals surface area contributed by atoms with Gasteiger partial charge in [-0.3, -0.25) is 4.79 Å². The molecule has 3 unspecified atom stereocenters. The third-order valence-electron chi connectivity index (χ3n) is 4.08. The highest BCUT2D eigenvalue weighted by Crippen LogP contribution is 2.24. The first kappa shape index (κ1) is 11.9. The Balaban J connectivity index is 1.83. The van der Waals surface area contributed by atoms with Crippen molar-refractivity contribution >= 4 is 5.91 Å². The lowest BCUT2D eigenvalue weighted by Crippen LogP contribution is -2.44. The molecule has 0 aromatic rings. The summed E-state index contributed by atoms with van der Waals surface area (Å²) in [5, 5.41) is 3.33. The molecule has 92 valence electrons. The highest BCUT2D eigenvalue weighted by molar-refractivity contribution is 5.77. The molecule has 2 fully saturated rings. The molecule has 0 saturated carbocycles. The summed E-state index contributed by atoms with van der Waals surface area (Å²) in [6, 6.07) is 0.450. The predicted molar refractivity (Wildman–Crippen MR) is 65.2 cm³/mol. The molecule has 16 heavy (non-hydrogen) atoms. The van der Waals surface area contributed by atoms with E-state index in [0.29, 0.717) is 17.9 Å². The number of amides is 1. The normalized spacial score (nSPS) is 35.4. The zero-order chi connectivity index (χ0) is 11.5. The molecule has 1 amide bonds. The van der Waals surface area contributed by atoms with Crippen molar-refractivity contribution in [2.45, 2.75) is 45.6 Å². The Labute approximate surface area is 98.6 Å². The van der Waals surface area contributed by atoms with Gasteiger partial charge in [-0.1, -0.05) is 6.92 Å². The molecule has 2 heterocycles. The van der Waals surface area contributed by atoms with Crippen LogP contribution in [0.15, 0.2) is 0 Å². The SMILES string of the molecule is CC1CCN(C(=O)CC2CCNC2)C(C)C1. The average molecular weight is 224 g/mol. The highest BCUT2D eigenvalue weighted by Gasteiger charge is 2.28. The van der Waals surface area contributed by atoms with Gasteiger partial charge in [0.15, 0.2) is 0 Å². The zero-order valence-electron chi connectivity index (χ0n) is 10.5. The Morgan fingerprint density at radius 3 is 2.81 bits per heavy atom. The van der Waals surface area contributed by atoms with Crippen LogP contribution in [0.25, 0.3) is 0 Å². The number of carbonyl (C=O) groups excluding carboxylic acids is 1. The summed E-state index contributed by atoms with van der Waals surface area (Å²) in [5.74, 6) is 1.75. The first-order valence-electron chi connectivity index (χ1n) is 6.67. The molecular formula is C13H24N2O. The molecule has 3 heteroatoms. The topological polar surface area (TPSA) is 32.3 Å². The number of piperidine rings is 1. The van der Waals surface area contributed by atoms with E-state index < -0.39 is 0 Å². The molecule has 0 aromatic heterocycles. The number of hydrogen-bond donors (Lipinski definition) is 1. The van der Waals surface area contributed by atoms with E-state index in [1.54, 1.807) is 0 Å². The fourth-order valence-electron chi connectivity index (χ4n) is 3.03. The van der Waals surface area contributed by atoms with E-state index in [0.717, 1.165) is 32.0 Å². The molecule has 1 N–H and O–H groups in total. The maximum atomic E-state index is 12.2. The third-order valence-corrected chi connectivity index (χ3v) is 4.08. The molecule has 2 aliphatic heterocycles. The van der Waals surface area contributed by atoms with E-state index >= 15 is 0 Å². The van der Waals surface area contributed by atoms with Gasteiger partial charge in [-0.15, -0.1) is 0 Å². The van der Waals surface area contributed by atoms with Crippen LogP contribution in [0.3, 0.4) is 0 Å². The maximum absolute atomic E-state index is 12.2. The van der Waals surface area contributed by atoms with Crippen molar-refractivity contribution in [1.82, 2.24) is 10.2 Å². The van der Waals surface area contributed by atoms with Gasteiger partial charge in [0.2, 0.25) is 5.91 Å². The van der Waals surface area contributed by atoms with Crippen LogP contribution >= 0.6 is 0 Å². The number of carbonyl (C=O) groups is 1. The minimum Gasteiger partial charge on any atom is -0.340 e. The average Bonchev–Trinajstić information content (AvgIpc) is 2.70. The van der Waals surface area contributed by atoms with Crippen molar-refractivity contribution in [3.05, 3.63) is 0 Å². The highest BCUT2D eigenvalue weighted by atomic mass is 16.2. The fraction of sp³-hybridized carbons (Fsp3) is 0.923. The Kier molecular flexibility index (Phi) is 3.85. The summed E-state index contributed by atoms with van der Waals surface area (Å²) >= 11 is 0. The third kappa shape index (κ3) is 2.76. The maximum Gasteiger partial charge on any atom is 0.223 e. The molecule has 2 rings (SSSR count). The molecule has 0 spiro atoms. The Bertz CT molecular complexity index is 248. The van der Waals surface area contributed by atoms with Gasteiger partial charge >= 0.3 is 0 Å². The van der Waals surface area contributed by atoms with Crippen LogP contribution < -0.4 is 5.32 Å². The first-order valence-corrected chi connectivity index (χ1v) is 6.67. The van der Waals surface area contributed by atoms with Crippen LogP contribution in [0, 0.1) is 11.8 Å². The number of hydrogen-bond acceptors (Lipinski definition) is 2. The Hall–Kier alpha value is -0.570. The zero-order valence-corrected chi connectivity index (χ0v) is 10.5. The van der Waals surface area contributed by atoms with Crippen LogP contribution in [0.4, 0.5) is 0 Å². The summed E-state index contributed by atoms with van der Waals surface area (Å²) in [6.45, 7) is 7.58. The van der Waals surface area contributed by atoms with E-state index in [1.807, 2.05) is 0 Å². The van der Waals surface area contributed by atoms with Gasteiger partial charge in [-0.2, -0.15) is 0 Å². The molecule has 0 bridgehead atoms. The largest absolute Gasteiger partial charge is 0.340 e. The molecular weight excluding hydrogens is 200 g/mol. The molecule has 0 aliphatic carbocycles. The van der Waals surface area contributed by atoms with E-state index in [4.69, 9.17) is 0 Å². The molecule has 0 aromatic carbocycles. The van der Waals surface area contributed by atoms with E-state index in [9.17, 15) is 4.79 Å². The summed E-state index contributed by atoms with van der Waals surface area (Å²) in [4.78, 5) is 14.3. The van der Waals surface area contributed by atoms with Crippen LogP contribution in [-0.4, -0.2) is 36.5 Å². The molecule has 2 aliphatic rings. The van der Waals surface area contributed by atoms with Crippen molar-refractivity contribution < 1.29 is 4.79 Å². The van der Waals surface area contributed by atoms with Crippen molar-refractivity contribution in [2.24, 2.45) is 11.8 Å². The van der Waals surface area contributed by atoms with Crippen LogP contribution in [0.1, 0.15) is 39.5 Å². The molecule has 2 saturated heterocycles. The van der Waals surface area contributed by atoms with Gasteiger partial charge in [0.25, 0.3) is 0 Å². The van der Waals surface area contributed by atoms with Gasteiger partial charge in [0.05, 0.1) is 0 Å². The first-order chi connectivity index (χ1) is 7.66. The molecule has 3 atom stereocenters. The Morgan fingerprint density at radius 2 is 2.19 bits per heavy atom. The van der Waals surface area contributed by atoms with Crippen LogP contribution in [0.2, 0.25) is 0 Å². The van der Waals surface area contributed by atoms with E-state index in [1.165, 1.54) is 19.3 Å². The number of rotatable bonds is 2. The lowest BCUT2D eigenvalue weighted by molar-refractivity contribution is -0.135. The lowest BCUT2D eigenvalue weighted by atomic mass is 9.92. The van der Waals surface area contributed by atoms with Crippen molar-refractivity contribution in [3.8, 4) is 0 Å². The van der Waals surface area contributed by atoms with Crippen molar-refractivity contribution in [3.63, 3.8) is 0 Å². The van der Waals surface area contributed by atoms with Gasteiger partial charge in [0, 0.05) is 19.0 Å². The molecule has 3 nitrogen and oxygen atoms in total. The number of nitrogens with zero attached hydrogens (tertiary/aromatic N) is 1. The summed E-state index contributed by atoms with van der Waals surface area (Å²) < 4.78 is 0. The fourth-order valence-corrected chi connectivity index (χ4v) is 3.03. The standard InChI is InChI=1S/C13H24N2O/c1-10-4-6-15(11(2)7-10)13(16)8-12-3-5-14-9-12/h10-12,14H,3-9H2,1-2H3. The number of likely N-dealkylation sites (tertiary alicyclic amines) is 1. The minimum atomic E-state index is 0.383. The summed E-state index contributed by atoms with van der Waals surface area (Å²) in [5.41, 5.74) is 0. The minimum absolute atomic E-state index is 0.383. The Morgan fingerprint density at radius 1 is 1.38 bits per heavy atom. The van der Waals surface area contributed by atoms with Gasteiger partial charge in [0.1, 0.15) is 0 Å². The second-order valence-electron chi connectivity index (χ2n) is 5.63. The predicted octanol–water partition coefficient (Wildman–Crippen LogP) is 1.63.